The predicted molar refractivity (Wildman–Crippen MR) is 148 cm³/mol. The summed E-state index contributed by atoms with van der Waals surface area (Å²) >= 11 is 0. The van der Waals surface area contributed by atoms with Crippen molar-refractivity contribution >= 4 is 19.8 Å². The molecule has 0 aliphatic heterocycles. The Morgan fingerprint density at radius 1 is 0.711 bits per heavy atom. The minimum atomic E-state index is -4.59. The molecule has 2 atom stereocenters. The lowest BCUT2D eigenvalue weighted by molar-refractivity contribution is -0.870. The lowest BCUT2D eigenvalue weighted by atomic mass is 10.1. The second-order valence-corrected chi connectivity index (χ2v) is 12.5. The largest absolute Gasteiger partial charge is 0.756 e. The van der Waals surface area contributed by atoms with Crippen LogP contribution in [-0.2, 0) is 32.7 Å². The molecule has 0 heterocycles. The highest BCUT2D eigenvalue weighted by Gasteiger charge is 2.21. The minimum absolute atomic E-state index is 0.0274. The molecule has 10 heteroatoms. The molecule has 1 unspecified atom stereocenters. The van der Waals surface area contributed by atoms with Crippen LogP contribution in [-0.4, -0.2) is 70.0 Å². The van der Waals surface area contributed by atoms with E-state index < -0.39 is 32.5 Å². The molecule has 0 amide bonds. The van der Waals surface area contributed by atoms with Crippen LogP contribution < -0.4 is 4.89 Å². The van der Waals surface area contributed by atoms with E-state index in [0.717, 1.165) is 38.5 Å². The van der Waals surface area contributed by atoms with Gasteiger partial charge in [0, 0.05) is 12.8 Å². The van der Waals surface area contributed by atoms with Crippen LogP contribution in [0.1, 0.15) is 117 Å². The molecule has 0 aromatic carbocycles. The molecule has 0 fully saturated rings. The molecule has 9 nitrogen and oxygen atoms in total. The van der Waals surface area contributed by atoms with Crippen LogP contribution in [0.5, 0.6) is 0 Å². The average molecular weight is 566 g/mol. The molecule has 226 valence electrons. The van der Waals surface area contributed by atoms with E-state index in [1.807, 2.05) is 21.1 Å². The van der Waals surface area contributed by atoms with E-state index in [1.54, 1.807) is 0 Å². The topological polar surface area (TPSA) is 111 Å². The molecule has 0 aromatic rings. The first-order chi connectivity index (χ1) is 18.0. The molecule has 38 heavy (non-hydrogen) atoms. The minimum Gasteiger partial charge on any atom is -0.756 e. The van der Waals surface area contributed by atoms with Crippen LogP contribution in [0.4, 0.5) is 0 Å². The molecular weight excluding hydrogens is 509 g/mol. The summed E-state index contributed by atoms with van der Waals surface area (Å²) in [6, 6.07) is 0. The average Bonchev–Trinajstić information content (AvgIpc) is 2.83. The van der Waals surface area contributed by atoms with Crippen molar-refractivity contribution < 1.29 is 42.1 Å². The molecule has 0 aliphatic rings. The number of phosphoric ester groups is 1. The summed E-state index contributed by atoms with van der Waals surface area (Å²) < 4.78 is 33.3. The Morgan fingerprint density at radius 3 is 1.68 bits per heavy atom. The maximum atomic E-state index is 12.4. The van der Waals surface area contributed by atoms with Gasteiger partial charge in [-0.3, -0.25) is 14.2 Å². The zero-order chi connectivity index (χ0) is 28.7. The van der Waals surface area contributed by atoms with Crippen molar-refractivity contribution in [3.8, 4) is 0 Å². The quantitative estimate of drug-likeness (QED) is 0.0549. The lowest BCUT2D eigenvalue weighted by Crippen LogP contribution is -2.37. The Bertz CT molecular complexity index is 653. The van der Waals surface area contributed by atoms with E-state index in [1.165, 1.54) is 44.9 Å². The van der Waals surface area contributed by atoms with Crippen LogP contribution in [0.2, 0.25) is 0 Å². The van der Waals surface area contributed by atoms with Crippen molar-refractivity contribution in [3.63, 3.8) is 0 Å². The number of hydrogen-bond acceptors (Lipinski definition) is 8. The van der Waals surface area contributed by atoms with Gasteiger partial charge >= 0.3 is 11.9 Å². The molecule has 0 saturated heterocycles. The normalized spacial score (nSPS) is 14.2. The maximum absolute atomic E-state index is 12.4. The number of ether oxygens (including phenoxy) is 2. The smallest absolute Gasteiger partial charge is 0.306 e. The number of likely N-dealkylation sites (N-methyl/N-ethyl adjacent to an activating group) is 1. The van der Waals surface area contributed by atoms with Gasteiger partial charge in [0.2, 0.25) is 0 Å². The Labute approximate surface area is 232 Å². The molecule has 0 rings (SSSR count). The molecule has 0 aromatic heterocycles. The number of unbranched alkanes of at least 4 members (excludes halogenated alkanes) is 12. The first-order valence-corrected chi connectivity index (χ1v) is 16.2. The van der Waals surface area contributed by atoms with Crippen molar-refractivity contribution in [2.75, 3.05) is 47.5 Å². The van der Waals surface area contributed by atoms with Crippen LogP contribution in [0.25, 0.3) is 0 Å². The van der Waals surface area contributed by atoms with E-state index in [0.29, 0.717) is 17.4 Å². The number of rotatable bonds is 26. The van der Waals surface area contributed by atoms with Gasteiger partial charge in [-0.05, 0) is 12.8 Å². The number of phosphoric acid groups is 1. The first kappa shape index (κ1) is 37.0. The summed E-state index contributed by atoms with van der Waals surface area (Å²) in [6.07, 6.45) is 14.6. The highest BCUT2D eigenvalue weighted by Crippen LogP contribution is 2.38. The summed E-state index contributed by atoms with van der Waals surface area (Å²) in [6.45, 7) is 4.08. The van der Waals surface area contributed by atoms with Gasteiger partial charge in [0.05, 0.1) is 27.7 Å². The van der Waals surface area contributed by atoms with Gasteiger partial charge in [-0.15, -0.1) is 0 Å². The molecular formula is C28H56NO8P. The standard InChI is InChI=1S/C28H56NO8P/c1-6-8-10-12-14-16-18-20-27(30)34-24-26(25-36-38(32,33)35-23-22-29(3,4)5)37-28(31)21-19-17-15-13-11-9-7-2/h26H,6-25H2,1-5H3/t26-/m0/s1. The first-order valence-electron chi connectivity index (χ1n) is 14.7. The molecule has 0 aliphatic carbocycles. The summed E-state index contributed by atoms with van der Waals surface area (Å²) in [4.78, 5) is 36.7. The number of hydrogen-bond donors (Lipinski definition) is 0. The molecule has 0 spiro atoms. The SMILES string of the molecule is CCCCCCCCCC(=O)OC[C@@H](COP(=O)([O-])OCC[N+](C)(C)C)OC(=O)CCCCCCCCC. The highest BCUT2D eigenvalue weighted by atomic mass is 31.2. The fraction of sp³-hybridized carbons (Fsp3) is 0.929. The van der Waals surface area contributed by atoms with Gasteiger partial charge in [-0.2, -0.15) is 0 Å². The fourth-order valence-electron chi connectivity index (χ4n) is 3.71. The van der Waals surface area contributed by atoms with Crippen molar-refractivity contribution in [2.45, 2.75) is 123 Å². The molecule has 0 radical (unpaired) electrons. The zero-order valence-electron chi connectivity index (χ0n) is 24.9. The second-order valence-electron chi connectivity index (χ2n) is 11.1. The van der Waals surface area contributed by atoms with Crippen molar-refractivity contribution in [2.24, 2.45) is 0 Å². The van der Waals surface area contributed by atoms with E-state index in [2.05, 4.69) is 13.8 Å². The van der Waals surface area contributed by atoms with Crippen LogP contribution in [0.3, 0.4) is 0 Å². The van der Waals surface area contributed by atoms with Crippen LogP contribution in [0, 0.1) is 0 Å². The molecule has 0 saturated carbocycles. The summed E-state index contributed by atoms with van der Waals surface area (Å²) in [5.41, 5.74) is 0. The highest BCUT2D eigenvalue weighted by molar-refractivity contribution is 7.45. The van der Waals surface area contributed by atoms with Crippen molar-refractivity contribution in [3.05, 3.63) is 0 Å². The lowest BCUT2D eigenvalue weighted by Gasteiger charge is -2.28. The van der Waals surface area contributed by atoms with Gasteiger partial charge in [0.25, 0.3) is 7.82 Å². The number of quaternary nitrogens is 1. The molecule has 0 bridgehead atoms. The van der Waals surface area contributed by atoms with Crippen molar-refractivity contribution in [1.29, 1.82) is 0 Å². The predicted octanol–water partition coefficient (Wildman–Crippen LogP) is 5.93. The maximum Gasteiger partial charge on any atom is 0.306 e. The van der Waals surface area contributed by atoms with Gasteiger partial charge in [-0.25, -0.2) is 0 Å². The number of carbonyl (C=O) groups excluding carboxylic acids is 2. The van der Waals surface area contributed by atoms with Gasteiger partial charge in [-0.1, -0.05) is 90.9 Å². The van der Waals surface area contributed by atoms with E-state index in [9.17, 15) is 19.0 Å². The third-order valence-electron chi connectivity index (χ3n) is 6.13. The van der Waals surface area contributed by atoms with Gasteiger partial charge in [0.1, 0.15) is 19.8 Å². The Morgan fingerprint density at radius 2 is 1.18 bits per heavy atom. The Balaban J connectivity index is 4.58. The van der Waals surface area contributed by atoms with Gasteiger partial charge < -0.3 is 27.9 Å². The van der Waals surface area contributed by atoms with E-state index in [4.69, 9.17) is 18.5 Å². The fourth-order valence-corrected chi connectivity index (χ4v) is 4.44. The number of esters is 2. The monoisotopic (exact) mass is 565 g/mol. The number of carbonyl (C=O) groups is 2. The second kappa shape index (κ2) is 22.8. The Hall–Kier alpha value is -0.990. The Kier molecular flexibility index (Phi) is 22.2. The third-order valence-corrected chi connectivity index (χ3v) is 7.09. The van der Waals surface area contributed by atoms with Gasteiger partial charge in [0.15, 0.2) is 6.10 Å². The zero-order valence-corrected chi connectivity index (χ0v) is 25.8. The van der Waals surface area contributed by atoms with Crippen LogP contribution in [0.15, 0.2) is 0 Å². The van der Waals surface area contributed by atoms with E-state index >= 15 is 0 Å². The summed E-state index contributed by atoms with van der Waals surface area (Å²) in [5.74, 6) is -0.849. The number of nitrogens with zero attached hydrogens (tertiary/aromatic N) is 1. The molecule has 0 N–H and O–H groups in total. The van der Waals surface area contributed by atoms with E-state index in [-0.39, 0.29) is 26.1 Å². The summed E-state index contributed by atoms with van der Waals surface area (Å²) in [7, 11) is 1.17. The summed E-state index contributed by atoms with van der Waals surface area (Å²) in [5, 5.41) is 0. The van der Waals surface area contributed by atoms with Crippen LogP contribution >= 0.6 is 7.82 Å². The van der Waals surface area contributed by atoms with Crippen molar-refractivity contribution in [1.82, 2.24) is 0 Å². The third kappa shape index (κ3) is 25.3.